The van der Waals surface area contributed by atoms with Gasteiger partial charge >= 0.3 is 5.76 Å². The molecule has 1 saturated heterocycles. The molecule has 1 aliphatic carbocycles. The van der Waals surface area contributed by atoms with Crippen LogP contribution in [0.3, 0.4) is 0 Å². The van der Waals surface area contributed by atoms with Crippen molar-refractivity contribution in [3.8, 4) is 5.69 Å². The van der Waals surface area contributed by atoms with Crippen LogP contribution in [0.25, 0.3) is 5.69 Å². The zero-order valence-electron chi connectivity index (χ0n) is 14.4. The number of amides is 1. The Bertz CT molecular complexity index is 1110. The van der Waals surface area contributed by atoms with Crippen LogP contribution in [0.15, 0.2) is 42.1 Å². The van der Waals surface area contributed by atoms with E-state index in [4.69, 9.17) is 4.52 Å². The second kappa shape index (κ2) is 6.45. The van der Waals surface area contributed by atoms with E-state index in [1.807, 2.05) is 0 Å². The van der Waals surface area contributed by atoms with Crippen molar-refractivity contribution < 1.29 is 13.7 Å². The minimum atomic E-state index is -0.779. The fourth-order valence-electron chi connectivity index (χ4n) is 3.98. The number of carbonyl (C=O) groups excluding carboxylic acids is 1. The lowest BCUT2D eigenvalue weighted by Gasteiger charge is -2.19. The van der Waals surface area contributed by atoms with Gasteiger partial charge in [-0.3, -0.25) is 14.3 Å². The maximum atomic E-state index is 13.6. The van der Waals surface area contributed by atoms with Gasteiger partial charge in [-0.2, -0.15) is 5.10 Å². The molecule has 0 spiro atoms. The van der Waals surface area contributed by atoms with Crippen molar-refractivity contribution in [3.05, 3.63) is 44.9 Å². The summed E-state index contributed by atoms with van der Waals surface area (Å²) < 4.78 is 19.7. The molecule has 3 unspecified atom stereocenters. The molecule has 28 heavy (non-hydrogen) atoms. The van der Waals surface area contributed by atoms with E-state index in [1.165, 1.54) is 18.2 Å². The fraction of sp³-hybridized carbons (Fsp3) is 0.353. The Morgan fingerprint density at radius 2 is 2.18 bits per heavy atom. The predicted molar refractivity (Wildman–Crippen MR) is 100 cm³/mol. The number of rotatable bonds is 3. The van der Waals surface area contributed by atoms with E-state index in [0.29, 0.717) is 17.6 Å². The molecule has 0 radical (unpaired) electrons. The number of hydrogen-bond donors (Lipinski definition) is 2. The molecule has 3 aliphatic rings. The highest BCUT2D eigenvalue weighted by molar-refractivity contribution is 9.10. The summed E-state index contributed by atoms with van der Waals surface area (Å²) in [7, 11) is 0. The minimum absolute atomic E-state index is 0.0161. The van der Waals surface area contributed by atoms with Crippen LogP contribution >= 0.6 is 15.9 Å². The van der Waals surface area contributed by atoms with Gasteiger partial charge in [0.2, 0.25) is 5.82 Å². The summed E-state index contributed by atoms with van der Waals surface area (Å²) in [5.74, 6) is -1.30. The Kier molecular flexibility index (Phi) is 4.02. The van der Waals surface area contributed by atoms with Crippen molar-refractivity contribution in [1.29, 1.82) is 0 Å². The second-order valence-electron chi connectivity index (χ2n) is 6.99. The maximum Gasteiger partial charge on any atom is 0.446 e. The summed E-state index contributed by atoms with van der Waals surface area (Å²) in [5, 5.41) is 11.2. The molecule has 2 aliphatic heterocycles. The van der Waals surface area contributed by atoms with Gasteiger partial charge < -0.3 is 5.32 Å². The molecular formula is C17H14BrFN6O3. The monoisotopic (exact) mass is 448 g/mol. The number of nitrogens with one attached hydrogen (secondary N) is 2. The van der Waals surface area contributed by atoms with Crippen LogP contribution in [-0.4, -0.2) is 45.7 Å². The van der Waals surface area contributed by atoms with Crippen molar-refractivity contribution in [2.24, 2.45) is 16.0 Å². The first-order valence-electron chi connectivity index (χ1n) is 8.75. The molecular weight excluding hydrogens is 435 g/mol. The normalized spacial score (nSPS) is 27.5. The summed E-state index contributed by atoms with van der Waals surface area (Å²) in [6.07, 6.45) is 1.89. The van der Waals surface area contributed by atoms with Gasteiger partial charge in [-0.1, -0.05) is 5.16 Å². The Morgan fingerprint density at radius 1 is 1.32 bits per heavy atom. The number of carbonyl (C=O) groups is 1. The Morgan fingerprint density at radius 3 is 2.89 bits per heavy atom. The van der Waals surface area contributed by atoms with Crippen LogP contribution in [0, 0.1) is 11.7 Å². The van der Waals surface area contributed by atoms with Crippen LogP contribution in [-0.2, 0) is 4.79 Å². The third-order valence-electron chi connectivity index (χ3n) is 5.31. The quantitative estimate of drug-likeness (QED) is 0.718. The molecule has 144 valence electrons. The van der Waals surface area contributed by atoms with E-state index >= 15 is 0 Å². The molecule has 11 heteroatoms. The Hall–Kier alpha value is -2.66. The number of nitrogens with zero attached hydrogens (tertiary/aromatic N) is 4. The second-order valence-corrected chi connectivity index (χ2v) is 7.84. The van der Waals surface area contributed by atoms with Crippen LogP contribution < -0.4 is 16.5 Å². The van der Waals surface area contributed by atoms with Crippen molar-refractivity contribution in [2.75, 3.05) is 6.54 Å². The number of hydrazone groups is 1. The van der Waals surface area contributed by atoms with Gasteiger partial charge in [-0.05, 0) is 52.9 Å². The van der Waals surface area contributed by atoms with Crippen LogP contribution in [0.4, 0.5) is 4.39 Å². The van der Waals surface area contributed by atoms with Gasteiger partial charge in [0.25, 0.3) is 5.91 Å². The molecule has 5 rings (SSSR count). The first kappa shape index (κ1) is 17.4. The van der Waals surface area contributed by atoms with E-state index in [9.17, 15) is 14.0 Å². The van der Waals surface area contributed by atoms with Crippen LogP contribution in [0.5, 0.6) is 0 Å². The molecule has 9 nitrogen and oxygen atoms in total. The predicted octanol–water partition coefficient (Wildman–Crippen LogP) is 0.752. The Labute approximate surface area is 165 Å². The van der Waals surface area contributed by atoms with Gasteiger partial charge in [0, 0.05) is 12.6 Å². The standard InChI is InChI=1S/C17H14BrFN6O3/c18-10-5-9(1-2-11(10)19)25-15(24-28-17(25)27)13-14(16(26)23-22-13)21-12-4-8-3-7(12)6-20-8/h1-2,5,7-8,12,20H,3-4,6H2,(H,21,23,26). The summed E-state index contributed by atoms with van der Waals surface area (Å²) >= 11 is 3.09. The van der Waals surface area contributed by atoms with E-state index in [2.05, 4.69) is 41.9 Å². The first-order chi connectivity index (χ1) is 13.5. The van der Waals surface area contributed by atoms with Gasteiger partial charge in [-0.25, -0.2) is 19.2 Å². The van der Waals surface area contributed by atoms with Crippen molar-refractivity contribution >= 4 is 33.3 Å². The molecule has 3 atom stereocenters. The summed E-state index contributed by atoms with van der Waals surface area (Å²) in [6.45, 7) is 0.873. The molecule has 2 N–H and O–H groups in total. The number of halogens is 2. The highest BCUT2D eigenvalue weighted by atomic mass is 79.9. The Balaban J connectivity index is 1.56. The van der Waals surface area contributed by atoms with Crippen LogP contribution in [0.1, 0.15) is 18.7 Å². The third kappa shape index (κ3) is 2.73. The zero-order valence-corrected chi connectivity index (χ0v) is 15.9. The number of aromatic nitrogens is 2. The number of fused-ring (bicyclic) bond motifs is 2. The van der Waals surface area contributed by atoms with E-state index in [0.717, 1.165) is 24.0 Å². The summed E-state index contributed by atoms with van der Waals surface area (Å²) in [6, 6.07) is 4.47. The van der Waals surface area contributed by atoms with Crippen LogP contribution in [0.2, 0.25) is 0 Å². The first-order valence-corrected chi connectivity index (χ1v) is 9.54. The average molecular weight is 449 g/mol. The molecule has 1 amide bonds. The number of aliphatic imine (C=N–C) groups is 1. The number of piperidine rings is 1. The van der Waals surface area contributed by atoms with Gasteiger partial charge in [0.05, 0.1) is 16.2 Å². The molecule has 3 heterocycles. The molecule has 2 fully saturated rings. The lowest BCUT2D eigenvalue weighted by atomic mass is 10.0. The lowest BCUT2D eigenvalue weighted by Crippen LogP contribution is -2.34. The van der Waals surface area contributed by atoms with Gasteiger partial charge in [0.15, 0.2) is 11.4 Å². The van der Waals surface area contributed by atoms with Gasteiger partial charge in [-0.15, -0.1) is 0 Å². The SMILES string of the molecule is O=C1NN=C(c2noc(=O)n2-c2ccc(F)c(Br)c2)C1=NC1CC2CC1CN2. The smallest absolute Gasteiger partial charge is 0.314 e. The zero-order chi connectivity index (χ0) is 19.4. The maximum absolute atomic E-state index is 13.6. The van der Waals surface area contributed by atoms with Crippen molar-refractivity contribution in [2.45, 2.75) is 24.9 Å². The van der Waals surface area contributed by atoms with E-state index in [-0.39, 0.29) is 27.8 Å². The van der Waals surface area contributed by atoms with Crippen molar-refractivity contribution in [3.63, 3.8) is 0 Å². The fourth-order valence-corrected chi connectivity index (χ4v) is 4.34. The lowest BCUT2D eigenvalue weighted by molar-refractivity contribution is -0.114. The van der Waals surface area contributed by atoms with Crippen molar-refractivity contribution in [1.82, 2.24) is 20.5 Å². The number of benzene rings is 1. The molecule has 2 aromatic rings. The molecule has 1 saturated carbocycles. The average Bonchev–Trinajstić information content (AvgIpc) is 3.44. The third-order valence-corrected chi connectivity index (χ3v) is 5.92. The summed E-state index contributed by atoms with van der Waals surface area (Å²) in [5.41, 5.74) is 2.96. The molecule has 1 aromatic carbocycles. The van der Waals surface area contributed by atoms with E-state index in [1.54, 1.807) is 0 Å². The highest BCUT2D eigenvalue weighted by Crippen LogP contribution is 2.34. The topological polar surface area (TPSA) is 114 Å². The minimum Gasteiger partial charge on any atom is -0.314 e. The molecule has 1 aromatic heterocycles. The van der Waals surface area contributed by atoms with E-state index < -0.39 is 17.5 Å². The van der Waals surface area contributed by atoms with Gasteiger partial charge in [0.1, 0.15) is 5.82 Å². The number of hydrogen-bond acceptors (Lipinski definition) is 7. The largest absolute Gasteiger partial charge is 0.446 e. The molecule has 2 bridgehead atoms. The summed E-state index contributed by atoms with van der Waals surface area (Å²) in [4.78, 5) is 29.2. The highest BCUT2D eigenvalue weighted by Gasteiger charge is 2.41.